The van der Waals surface area contributed by atoms with Gasteiger partial charge in [-0.15, -0.1) is 0 Å². The van der Waals surface area contributed by atoms with Crippen LogP contribution in [0.2, 0.25) is 0 Å². The summed E-state index contributed by atoms with van der Waals surface area (Å²) in [5.74, 6) is 3.67. The van der Waals surface area contributed by atoms with Gasteiger partial charge >= 0.3 is 0 Å². The highest BCUT2D eigenvalue weighted by molar-refractivity contribution is 5.57. The molecule has 1 aliphatic rings. The molecule has 1 aromatic heterocycles. The first-order valence-electron chi connectivity index (χ1n) is 6.57. The summed E-state index contributed by atoms with van der Waals surface area (Å²) in [6.07, 6.45) is 3.93. The summed E-state index contributed by atoms with van der Waals surface area (Å²) in [5, 5.41) is 6.75. The van der Waals surface area contributed by atoms with Crippen molar-refractivity contribution in [2.45, 2.75) is 33.6 Å². The number of aromatic nitrogens is 2. The number of rotatable bonds is 6. The van der Waals surface area contributed by atoms with Crippen LogP contribution in [0.15, 0.2) is 6.33 Å². The van der Waals surface area contributed by atoms with E-state index in [4.69, 9.17) is 0 Å². The Morgan fingerprint density at radius 1 is 1.24 bits per heavy atom. The van der Waals surface area contributed by atoms with Crippen molar-refractivity contribution < 1.29 is 0 Å². The van der Waals surface area contributed by atoms with Crippen molar-refractivity contribution in [1.29, 1.82) is 0 Å². The molecule has 0 amide bonds. The number of nitrogens with one attached hydrogen (secondary N) is 2. The van der Waals surface area contributed by atoms with Crippen LogP contribution in [0.1, 0.15) is 32.8 Å². The lowest BCUT2D eigenvalue weighted by molar-refractivity contribution is 0.782. The summed E-state index contributed by atoms with van der Waals surface area (Å²) in [4.78, 5) is 8.65. The molecule has 17 heavy (non-hydrogen) atoms. The van der Waals surface area contributed by atoms with Crippen molar-refractivity contribution in [2.75, 3.05) is 23.7 Å². The third-order valence-corrected chi connectivity index (χ3v) is 3.45. The fraction of sp³-hybridized carbons (Fsp3) is 0.692. The van der Waals surface area contributed by atoms with Crippen LogP contribution in [-0.4, -0.2) is 23.1 Å². The van der Waals surface area contributed by atoms with Gasteiger partial charge in [0.1, 0.15) is 18.0 Å². The third-order valence-electron chi connectivity index (χ3n) is 3.45. The Hall–Kier alpha value is -1.32. The molecule has 1 aliphatic carbocycles. The molecule has 1 heterocycles. The minimum Gasteiger partial charge on any atom is -0.370 e. The predicted octanol–water partition coefficient (Wildman–Crippen LogP) is 2.54. The highest BCUT2D eigenvalue weighted by Gasteiger charge is 2.32. The van der Waals surface area contributed by atoms with E-state index in [0.717, 1.165) is 43.0 Å². The summed E-state index contributed by atoms with van der Waals surface area (Å²) >= 11 is 0. The highest BCUT2D eigenvalue weighted by atomic mass is 15.1. The van der Waals surface area contributed by atoms with Gasteiger partial charge in [0.2, 0.25) is 0 Å². The Labute approximate surface area is 103 Å². The Kier molecular flexibility index (Phi) is 3.82. The van der Waals surface area contributed by atoms with Gasteiger partial charge in [0, 0.05) is 18.7 Å². The van der Waals surface area contributed by atoms with Crippen LogP contribution in [0.4, 0.5) is 11.6 Å². The van der Waals surface area contributed by atoms with E-state index in [1.807, 2.05) is 0 Å². The van der Waals surface area contributed by atoms with Gasteiger partial charge in [0.15, 0.2) is 0 Å². The zero-order valence-corrected chi connectivity index (χ0v) is 11.0. The first-order valence-corrected chi connectivity index (χ1v) is 6.57. The number of nitrogens with zero attached hydrogens (tertiary/aromatic N) is 2. The first-order chi connectivity index (χ1) is 8.26. The lowest BCUT2D eigenvalue weighted by atomic mass is 10.2. The standard InChI is InChI=1S/C13H22N4/c1-4-11-12(14-5-2)16-8-17-13(11)15-7-10-6-9(10)3/h8-10H,4-7H2,1-3H3,(H2,14,15,16,17). The maximum absolute atomic E-state index is 4.35. The van der Waals surface area contributed by atoms with Gasteiger partial charge in [-0.05, 0) is 31.6 Å². The number of anilines is 2. The van der Waals surface area contributed by atoms with E-state index in [0.29, 0.717) is 0 Å². The van der Waals surface area contributed by atoms with E-state index in [1.165, 1.54) is 12.0 Å². The number of hydrogen-bond donors (Lipinski definition) is 2. The van der Waals surface area contributed by atoms with E-state index in [1.54, 1.807) is 6.33 Å². The van der Waals surface area contributed by atoms with Crippen LogP contribution >= 0.6 is 0 Å². The minimum absolute atomic E-state index is 0.831. The molecule has 0 bridgehead atoms. The molecule has 0 spiro atoms. The van der Waals surface area contributed by atoms with Crippen molar-refractivity contribution in [2.24, 2.45) is 11.8 Å². The minimum atomic E-state index is 0.831. The summed E-state index contributed by atoms with van der Waals surface area (Å²) in [5.41, 5.74) is 1.20. The van der Waals surface area contributed by atoms with Gasteiger partial charge in [0.25, 0.3) is 0 Å². The maximum Gasteiger partial charge on any atom is 0.134 e. The molecule has 94 valence electrons. The Bertz CT molecular complexity index is 378. The van der Waals surface area contributed by atoms with Crippen molar-refractivity contribution in [3.63, 3.8) is 0 Å². The summed E-state index contributed by atoms with van der Waals surface area (Å²) in [7, 11) is 0. The predicted molar refractivity (Wildman–Crippen MR) is 71.3 cm³/mol. The second kappa shape index (κ2) is 5.34. The molecule has 2 unspecified atom stereocenters. The molecule has 2 rings (SSSR count). The van der Waals surface area contributed by atoms with Crippen molar-refractivity contribution >= 4 is 11.6 Å². The molecule has 1 aromatic rings. The lowest BCUT2D eigenvalue weighted by Crippen LogP contribution is -2.11. The van der Waals surface area contributed by atoms with Crippen LogP contribution in [0.25, 0.3) is 0 Å². The quantitative estimate of drug-likeness (QED) is 0.794. The molecular formula is C13H22N4. The SMILES string of the molecule is CCNc1ncnc(NCC2CC2C)c1CC. The topological polar surface area (TPSA) is 49.8 Å². The van der Waals surface area contributed by atoms with Crippen molar-refractivity contribution in [3.05, 3.63) is 11.9 Å². The maximum atomic E-state index is 4.35. The second-order valence-electron chi connectivity index (χ2n) is 4.79. The molecule has 2 atom stereocenters. The molecule has 1 fully saturated rings. The lowest BCUT2D eigenvalue weighted by Gasteiger charge is -2.13. The fourth-order valence-corrected chi connectivity index (χ4v) is 2.13. The van der Waals surface area contributed by atoms with Gasteiger partial charge in [-0.25, -0.2) is 9.97 Å². The summed E-state index contributed by atoms with van der Waals surface area (Å²) < 4.78 is 0. The van der Waals surface area contributed by atoms with Gasteiger partial charge in [-0.3, -0.25) is 0 Å². The molecule has 4 heteroatoms. The third kappa shape index (κ3) is 2.87. The van der Waals surface area contributed by atoms with E-state index in [9.17, 15) is 0 Å². The van der Waals surface area contributed by atoms with Crippen molar-refractivity contribution in [3.8, 4) is 0 Å². The normalized spacial score (nSPS) is 22.3. The summed E-state index contributed by atoms with van der Waals surface area (Å²) in [6, 6.07) is 0. The van der Waals surface area contributed by atoms with Crippen LogP contribution in [0, 0.1) is 11.8 Å². The molecule has 0 radical (unpaired) electrons. The molecular weight excluding hydrogens is 212 g/mol. The van der Waals surface area contributed by atoms with Crippen LogP contribution in [0.5, 0.6) is 0 Å². The zero-order chi connectivity index (χ0) is 12.3. The number of hydrogen-bond acceptors (Lipinski definition) is 4. The smallest absolute Gasteiger partial charge is 0.134 e. The van der Waals surface area contributed by atoms with Crippen molar-refractivity contribution in [1.82, 2.24) is 9.97 Å². The average molecular weight is 234 g/mol. The Morgan fingerprint density at radius 2 is 1.88 bits per heavy atom. The molecule has 0 aromatic carbocycles. The van der Waals surface area contributed by atoms with Crippen LogP contribution in [-0.2, 0) is 6.42 Å². The monoisotopic (exact) mass is 234 g/mol. The first kappa shape index (κ1) is 12.1. The Morgan fingerprint density at radius 3 is 2.41 bits per heavy atom. The molecule has 0 aliphatic heterocycles. The Balaban J connectivity index is 2.06. The average Bonchev–Trinajstić information content (AvgIpc) is 3.03. The van der Waals surface area contributed by atoms with Gasteiger partial charge < -0.3 is 10.6 Å². The van der Waals surface area contributed by atoms with Gasteiger partial charge in [-0.2, -0.15) is 0 Å². The van der Waals surface area contributed by atoms with Gasteiger partial charge in [-0.1, -0.05) is 13.8 Å². The zero-order valence-electron chi connectivity index (χ0n) is 11.0. The van der Waals surface area contributed by atoms with E-state index >= 15 is 0 Å². The second-order valence-corrected chi connectivity index (χ2v) is 4.79. The molecule has 1 saturated carbocycles. The molecule has 4 nitrogen and oxygen atoms in total. The van der Waals surface area contributed by atoms with Crippen LogP contribution in [0.3, 0.4) is 0 Å². The van der Waals surface area contributed by atoms with Gasteiger partial charge in [0.05, 0.1) is 0 Å². The highest BCUT2D eigenvalue weighted by Crippen LogP contribution is 2.37. The van der Waals surface area contributed by atoms with E-state index < -0.39 is 0 Å². The summed E-state index contributed by atoms with van der Waals surface area (Å²) in [6.45, 7) is 8.46. The molecule has 2 N–H and O–H groups in total. The van der Waals surface area contributed by atoms with Crippen LogP contribution < -0.4 is 10.6 Å². The molecule has 0 saturated heterocycles. The fourth-order valence-electron chi connectivity index (χ4n) is 2.13. The van der Waals surface area contributed by atoms with E-state index in [-0.39, 0.29) is 0 Å². The largest absolute Gasteiger partial charge is 0.370 e. The van der Waals surface area contributed by atoms with E-state index in [2.05, 4.69) is 41.4 Å².